The molecule has 12 nitrogen and oxygen atoms in total. The number of ether oxygens (including phenoxy) is 2. The molecule has 5 atom stereocenters. The topological polar surface area (TPSA) is 194 Å². The molecule has 0 saturated carbocycles. The Morgan fingerprint density at radius 3 is 2.60 bits per heavy atom. The van der Waals surface area contributed by atoms with E-state index in [-0.39, 0.29) is 24.4 Å². The molecule has 2 aromatic carbocycles. The van der Waals surface area contributed by atoms with Crippen LogP contribution in [0.25, 0.3) is 16.8 Å². The Morgan fingerprint density at radius 1 is 1.25 bits per heavy atom. The number of rotatable bonds is 12. The molecule has 0 spiro atoms. The fourth-order valence-corrected chi connectivity index (χ4v) is 4.54. The van der Waals surface area contributed by atoms with Crippen LogP contribution in [0.15, 0.2) is 59.0 Å². The monoisotopic (exact) mass is 552 g/mol. The second-order valence-electron chi connectivity index (χ2n) is 9.39. The van der Waals surface area contributed by atoms with E-state index in [4.69, 9.17) is 20.7 Å². The highest BCUT2D eigenvalue weighted by atomic mass is 16.7. The molecule has 2 aromatic rings. The molecule has 3 rings (SSSR count). The van der Waals surface area contributed by atoms with E-state index in [0.717, 1.165) is 29.5 Å². The second kappa shape index (κ2) is 14.6. The molecule has 1 fully saturated rings. The van der Waals surface area contributed by atoms with Crippen LogP contribution in [0.3, 0.4) is 0 Å². The van der Waals surface area contributed by atoms with Crippen molar-refractivity contribution in [1.29, 1.82) is 10.8 Å². The summed E-state index contributed by atoms with van der Waals surface area (Å²) in [6.45, 7) is 6.18. The summed E-state index contributed by atoms with van der Waals surface area (Å²) < 4.78 is 10.6. The second-order valence-corrected chi connectivity index (χ2v) is 9.39. The number of carbonyl (C=O) groups is 1. The average molecular weight is 553 g/mol. The number of nitrogens with two attached hydrogens (primary N) is 2. The largest absolute Gasteiger partial charge is 0.388 e. The maximum atomic E-state index is 12.7. The first-order chi connectivity index (χ1) is 19.3. The summed E-state index contributed by atoms with van der Waals surface area (Å²) in [5.41, 5.74) is 15.3. The highest BCUT2D eigenvalue weighted by molar-refractivity contribution is 6.02. The quantitative estimate of drug-likeness (QED) is 0.125. The van der Waals surface area contributed by atoms with Gasteiger partial charge in [-0.15, -0.1) is 0 Å². The number of quaternary nitrogens is 1. The van der Waals surface area contributed by atoms with Crippen molar-refractivity contribution in [3.8, 4) is 6.07 Å². The lowest BCUT2D eigenvalue weighted by molar-refractivity contribution is -0.601. The van der Waals surface area contributed by atoms with E-state index < -0.39 is 36.6 Å². The number of nitriles is 1. The maximum Gasteiger partial charge on any atom is 0.262 e. The van der Waals surface area contributed by atoms with Crippen molar-refractivity contribution in [1.82, 2.24) is 5.32 Å². The SMILES string of the molecule is CCN(CC)c1ccc2cc(C=C(C#N)C(=O)NCC(=C[NH2+]CC3OC(OC)C(O)C(N)C3O)N=N)ccc2c1. The van der Waals surface area contributed by atoms with Gasteiger partial charge in [-0.25, -0.2) is 5.53 Å². The van der Waals surface area contributed by atoms with E-state index in [1.165, 1.54) is 19.4 Å². The number of methoxy groups -OCH3 is 1. The molecule has 12 heteroatoms. The van der Waals surface area contributed by atoms with Crippen molar-refractivity contribution in [2.75, 3.05) is 38.2 Å². The number of aliphatic hydroxyl groups excluding tert-OH is 2. The number of fused-ring (bicyclic) bond motifs is 1. The molecule has 1 amide bonds. The molecule has 0 aromatic heterocycles. The standard InChI is InChI=1S/C28H37N7O5/c1-4-35(5-2)22-9-8-18-10-17(6-7-19(18)12-22)11-20(13-29)27(38)33-15-21(34-31)14-32-16-23-25(36)24(30)26(37)28(39-3)40-23/h6-12,14,23-26,28,31-32,36-37H,4-5,15-16,30H2,1-3H3,(H,33,38)/p+1. The van der Waals surface area contributed by atoms with Gasteiger partial charge >= 0.3 is 0 Å². The summed E-state index contributed by atoms with van der Waals surface area (Å²) in [4.78, 5) is 15.0. The number of carbonyl (C=O) groups excluding carboxylic acids is 1. The molecule has 0 bridgehead atoms. The molecule has 0 aliphatic carbocycles. The summed E-state index contributed by atoms with van der Waals surface area (Å²) in [7, 11) is 1.37. The van der Waals surface area contributed by atoms with Crippen LogP contribution in [-0.2, 0) is 14.3 Å². The van der Waals surface area contributed by atoms with Crippen LogP contribution in [0.1, 0.15) is 19.4 Å². The zero-order valence-corrected chi connectivity index (χ0v) is 22.9. The number of anilines is 1. The number of hydrogen-bond donors (Lipinski definition) is 6. The van der Waals surface area contributed by atoms with Gasteiger partial charge in [-0.3, -0.25) is 4.79 Å². The predicted molar refractivity (Wildman–Crippen MR) is 150 cm³/mol. The Kier molecular flexibility index (Phi) is 11.3. The number of amides is 1. The molecule has 214 valence electrons. The smallest absolute Gasteiger partial charge is 0.262 e. The summed E-state index contributed by atoms with van der Waals surface area (Å²) in [5, 5.41) is 39.6. The molecule has 1 saturated heterocycles. The number of nitrogens with zero attached hydrogens (tertiary/aromatic N) is 3. The molecule has 5 unspecified atom stereocenters. The van der Waals surface area contributed by atoms with E-state index in [0.29, 0.717) is 5.56 Å². The summed E-state index contributed by atoms with van der Waals surface area (Å²) >= 11 is 0. The highest BCUT2D eigenvalue weighted by Gasteiger charge is 2.43. The van der Waals surface area contributed by atoms with Crippen molar-refractivity contribution in [2.45, 2.75) is 44.5 Å². The zero-order valence-electron chi connectivity index (χ0n) is 22.9. The molecule has 1 heterocycles. The minimum atomic E-state index is -1.16. The van der Waals surface area contributed by atoms with Crippen LogP contribution in [0.5, 0.6) is 0 Å². The number of hydrogen-bond acceptors (Lipinski definition) is 10. The third-order valence-corrected chi connectivity index (χ3v) is 6.89. The Labute approximate surface area is 233 Å². The van der Waals surface area contributed by atoms with Crippen molar-refractivity contribution in [3.05, 3.63) is 59.4 Å². The molecule has 1 aliphatic rings. The van der Waals surface area contributed by atoms with Crippen molar-refractivity contribution in [3.63, 3.8) is 0 Å². The normalized spacial score (nSPS) is 23.5. The lowest BCUT2D eigenvalue weighted by Gasteiger charge is -2.39. The Bertz CT molecular complexity index is 1290. The van der Waals surface area contributed by atoms with Gasteiger partial charge in [0.05, 0.1) is 12.6 Å². The average Bonchev–Trinajstić information content (AvgIpc) is 2.97. The first kappa shape index (κ1) is 30.8. The Hall–Kier alpha value is -3.70. The van der Waals surface area contributed by atoms with E-state index in [9.17, 15) is 20.3 Å². The van der Waals surface area contributed by atoms with Gasteiger partial charge in [-0.1, -0.05) is 18.2 Å². The predicted octanol–water partition coefficient (Wildman–Crippen LogP) is 0.565. The van der Waals surface area contributed by atoms with E-state index in [2.05, 4.69) is 41.3 Å². The fraction of sp³-hybridized carbons (Fsp3) is 0.429. The van der Waals surface area contributed by atoms with Crippen LogP contribution in [0.2, 0.25) is 0 Å². The van der Waals surface area contributed by atoms with Crippen LogP contribution in [-0.4, -0.2) is 80.1 Å². The number of benzene rings is 2. The minimum Gasteiger partial charge on any atom is -0.388 e. The Morgan fingerprint density at radius 2 is 1.95 bits per heavy atom. The third kappa shape index (κ3) is 7.48. The first-order valence-corrected chi connectivity index (χ1v) is 13.1. The van der Waals surface area contributed by atoms with Crippen LogP contribution in [0, 0.1) is 16.9 Å². The van der Waals surface area contributed by atoms with Crippen molar-refractivity contribution in [2.24, 2.45) is 10.8 Å². The van der Waals surface area contributed by atoms with Gasteiger partial charge in [-0.2, -0.15) is 10.4 Å². The zero-order chi connectivity index (χ0) is 29.2. The van der Waals surface area contributed by atoms with Crippen LogP contribution >= 0.6 is 0 Å². The maximum absolute atomic E-state index is 12.7. The van der Waals surface area contributed by atoms with Gasteiger partial charge in [0.1, 0.15) is 48.4 Å². The highest BCUT2D eigenvalue weighted by Crippen LogP contribution is 2.24. The molecule has 8 N–H and O–H groups in total. The minimum absolute atomic E-state index is 0.0793. The Balaban J connectivity index is 1.61. The summed E-state index contributed by atoms with van der Waals surface area (Å²) in [6, 6.07) is 13.0. The number of aliphatic hydroxyl groups is 2. The molecule has 40 heavy (non-hydrogen) atoms. The first-order valence-electron chi connectivity index (χ1n) is 13.1. The van der Waals surface area contributed by atoms with Crippen molar-refractivity contribution >= 4 is 28.4 Å². The molecular weight excluding hydrogens is 514 g/mol. The van der Waals surface area contributed by atoms with Crippen LogP contribution in [0.4, 0.5) is 5.69 Å². The van der Waals surface area contributed by atoms with E-state index in [1.807, 2.05) is 30.3 Å². The van der Waals surface area contributed by atoms with Gasteiger partial charge in [0.25, 0.3) is 5.91 Å². The fourth-order valence-electron chi connectivity index (χ4n) is 4.54. The lowest BCUT2D eigenvalue weighted by atomic mass is 9.97. The van der Waals surface area contributed by atoms with Gasteiger partial charge in [0, 0.05) is 25.9 Å². The van der Waals surface area contributed by atoms with Gasteiger partial charge in [-0.05, 0) is 54.5 Å². The van der Waals surface area contributed by atoms with Gasteiger partial charge in [0.2, 0.25) is 0 Å². The lowest BCUT2D eigenvalue weighted by Crippen LogP contribution is -2.83. The van der Waals surface area contributed by atoms with Gasteiger partial charge in [0.15, 0.2) is 6.29 Å². The third-order valence-electron chi connectivity index (χ3n) is 6.89. The van der Waals surface area contributed by atoms with E-state index in [1.54, 1.807) is 5.32 Å². The van der Waals surface area contributed by atoms with Crippen LogP contribution < -0.4 is 21.3 Å². The van der Waals surface area contributed by atoms with Gasteiger partial charge < -0.3 is 41.0 Å². The molecular formula is C28H38N7O5+. The number of nitrogens with one attached hydrogen (secondary N) is 2. The molecule has 1 aliphatic heterocycles. The van der Waals surface area contributed by atoms with E-state index >= 15 is 0 Å². The van der Waals surface area contributed by atoms with Crippen molar-refractivity contribution < 1.29 is 29.8 Å². The molecule has 0 radical (unpaired) electrons. The summed E-state index contributed by atoms with van der Waals surface area (Å²) in [5.74, 6) is -0.594. The summed E-state index contributed by atoms with van der Waals surface area (Å²) in [6.07, 6.45) is -0.961.